The zero-order valence-electron chi connectivity index (χ0n) is 14.9. The number of rotatable bonds is 4. The lowest BCUT2D eigenvalue weighted by Crippen LogP contribution is -2.45. The predicted molar refractivity (Wildman–Crippen MR) is 96.6 cm³/mol. The average molecular weight is 340 g/mol. The first kappa shape index (κ1) is 16.8. The zero-order chi connectivity index (χ0) is 17.2. The van der Waals surface area contributed by atoms with Crippen LogP contribution in [0.2, 0.25) is 0 Å². The number of piperidine rings is 1. The third-order valence-corrected chi connectivity index (χ3v) is 6.35. The third kappa shape index (κ3) is 3.50. The predicted octanol–water partition coefficient (Wildman–Crippen LogP) is 3.07. The van der Waals surface area contributed by atoms with Crippen LogP contribution in [0.15, 0.2) is 30.3 Å². The van der Waals surface area contributed by atoms with E-state index in [1.807, 2.05) is 0 Å². The number of amides is 2. The Balaban J connectivity index is 1.30. The van der Waals surface area contributed by atoms with Crippen LogP contribution in [0.1, 0.15) is 44.1 Å². The molecule has 1 aliphatic carbocycles. The summed E-state index contributed by atoms with van der Waals surface area (Å²) < 4.78 is 0. The lowest BCUT2D eigenvalue weighted by atomic mass is 9.81. The smallest absolute Gasteiger partial charge is 0.234 e. The highest BCUT2D eigenvalue weighted by molar-refractivity contribution is 6.05. The van der Waals surface area contributed by atoms with Crippen LogP contribution in [0.3, 0.4) is 0 Å². The summed E-state index contributed by atoms with van der Waals surface area (Å²) in [6.07, 6.45) is 7.45. The fourth-order valence-corrected chi connectivity index (χ4v) is 4.85. The van der Waals surface area contributed by atoms with E-state index in [1.54, 1.807) is 4.90 Å². The van der Waals surface area contributed by atoms with Crippen molar-refractivity contribution in [3.63, 3.8) is 0 Å². The quantitative estimate of drug-likeness (QED) is 0.791. The molecule has 0 radical (unpaired) electrons. The van der Waals surface area contributed by atoms with Crippen LogP contribution < -0.4 is 0 Å². The number of carbonyl (C=O) groups is 2. The summed E-state index contributed by atoms with van der Waals surface area (Å²) in [7, 11) is 0. The molecule has 0 unspecified atom stereocenters. The van der Waals surface area contributed by atoms with E-state index in [-0.39, 0.29) is 23.7 Å². The first-order valence-corrected chi connectivity index (χ1v) is 9.84. The Morgan fingerprint density at radius 1 is 0.840 bits per heavy atom. The van der Waals surface area contributed by atoms with Crippen LogP contribution in [0.25, 0.3) is 0 Å². The molecular formula is C21H28N2O2. The van der Waals surface area contributed by atoms with Gasteiger partial charge < -0.3 is 0 Å². The molecule has 4 heteroatoms. The molecule has 25 heavy (non-hydrogen) atoms. The second-order valence-corrected chi connectivity index (χ2v) is 7.99. The van der Waals surface area contributed by atoms with Crippen molar-refractivity contribution in [3.8, 4) is 0 Å². The highest BCUT2D eigenvalue weighted by Crippen LogP contribution is 2.38. The minimum Gasteiger partial charge on any atom is -0.286 e. The van der Waals surface area contributed by atoms with Crippen molar-refractivity contribution < 1.29 is 9.59 Å². The number of hydrogen-bond donors (Lipinski definition) is 0. The Morgan fingerprint density at radius 3 is 2.04 bits per heavy atom. The van der Waals surface area contributed by atoms with Crippen LogP contribution in [0, 0.1) is 17.8 Å². The van der Waals surface area contributed by atoms with Crippen molar-refractivity contribution in [3.05, 3.63) is 35.9 Å². The number of fused-ring (bicyclic) bond motifs is 1. The summed E-state index contributed by atoms with van der Waals surface area (Å²) in [6.45, 7) is 2.50. The molecule has 0 N–H and O–H groups in total. The highest BCUT2D eigenvalue weighted by Gasteiger charge is 2.48. The van der Waals surface area contributed by atoms with Gasteiger partial charge in [0.1, 0.15) is 0 Å². The second kappa shape index (κ2) is 7.28. The van der Waals surface area contributed by atoms with E-state index in [4.69, 9.17) is 0 Å². The molecule has 1 aromatic rings. The monoisotopic (exact) mass is 340 g/mol. The number of benzene rings is 1. The van der Waals surface area contributed by atoms with Crippen molar-refractivity contribution in [2.24, 2.45) is 17.8 Å². The summed E-state index contributed by atoms with van der Waals surface area (Å²) in [5.41, 5.74) is 1.41. The molecule has 1 saturated carbocycles. The molecule has 134 valence electrons. The molecule has 2 saturated heterocycles. The van der Waals surface area contributed by atoms with E-state index in [0.29, 0.717) is 12.6 Å². The Labute approximate surface area is 150 Å². The number of imide groups is 1. The molecular weight excluding hydrogens is 312 g/mol. The minimum absolute atomic E-state index is 0.0168. The molecule has 1 aromatic carbocycles. The third-order valence-electron chi connectivity index (χ3n) is 6.35. The molecule has 0 bridgehead atoms. The SMILES string of the molecule is O=C1[C@H]2CCCC[C@H]2C(=O)N1CN1CCC(Cc2ccccc2)CC1. The Morgan fingerprint density at radius 2 is 1.44 bits per heavy atom. The molecule has 2 heterocycles. The zero-order valence-corrected chi connectivity index (χ0v) is 14.9. The van der Waals surface area contributed by atoms with E-state index < -0.39 is 0 Å². The summed E-state index contributed by atoms with van der Waals surface area (Å²) in [4.78, 5) is 29.1. The van der Waals surface area contributed by atoms with Gasteiger partial charge in [-0.25, -0.2) is 0 Å². The topological polar surface area (TPSA) is 40.6 Å². The van der Waals surface area contributed by atoms with Crippen LogP contribution in [-0.4, -0.2) is 41.4 Å². The maximum atomic E-state index is 12.6. The summed E-state index contributed by atoms with van der Waals surface area (Å²) in [5.74, 6) is 0.877. The van der Waals surface area contributed by atoms with Gasteiger partial charge in [0.15, 0.2) is 0 Å². The van der Waals surface area contributed by atoms with Crippen molar-refractivity contribution in [1.29, 1.82) is 0 Å². The molecule has 2 amide bonds. The largest absolute Gasteiger partial charge is 0.286 e. The van der Waals surface area contributed by atoms with Crippen LogP contribution in [0.4, 0.5) is 0 Å². The van der Waals surface area contributed by atoms with Gasteiger partial charge in [-0.2, -0.15) is 0 Å². The Hall–Kier alpha value is -1.68. The number of carbonyl (C=O) groups excluding carboxylic acids is 2. The van der Waals surface area contributed by atoms with Gasteiger partial charge in [-0.1, -0.05) is 43.2 Å². The molecule has 2 aliphatic heterocycles. The van der Waals surface area contributed by atoms with Crippen molar-refractivity contribution in [2.75, 3.05) is 19.8 Å². The normalized spacial score (nSPS) is 28.4. The van der Waals surface area contributed by atoms with Gasteiger partial charge in [0.05, 0.1) is 18.5 Å². The van der Waals surface area contributed by atoms with Gasteiger partial charge in [-0.3, -0.25) is 19.4 Å². The first-order chi connectivity index (χ1) is 12.2. The number of likely N-dealkylation sites (tertiary alicyclic amines) is 2. The molecule has 4 nitrogen and oxygen atoms in total. The molecule has 0 spiro atoms. The standard InChI is InChI=1S/C21H28N2O2/c24-20-18-8-4-5-9-19(18)21(25)23(20)15-22-12-10-17(11-13-22)14-16-6-2-1-3-7-16/h1-3,6-7,17-19H,4-5,8-15H2/t18-,19+. The maximum Gasteiger partial charge on any atom is 0.234 e. The number of hydrogen-bond acceptors (Lipinski definition) is 3. The molecule has 4 rings (SSSR count). The van der Waals surface area contributed by atoms with Gasteiger partial charge in [-0.15, -0.1) is 0 Å². The van der Waals surface area contributed by atoms with Gasteiger partial charge in [-0.05, 0) is 43.6 Å². The van der Waals surface area contributed by atoms with Gasteiger partial charge in [0, 0.05) is 13.1 Å². The minimum atomic E-state index is -0.0168. The Bertz CT molecular complexity index is 598. The molecule has 3 aliphatic rings. The summed E-state index contributed by atoms with van der Waals surface area (Å²) >= 11 is 0. The van der Waals surface area contributed by atoms with Crippen molar-refractivity contribution in [2.45, 2.75) is 44.9 Å². The van der Waals surface area contributed by atoms with Crippen LogP contribution in [0.5, 0.6) is 0 Å². The van der Waals surface area contributed by atoms with Crippen molar-refractivity contribution in [1.82, 2.24) is 9.80 Å². The van der Waals surface area contributed by atoms with Gasteiger partial charge >= 0.3 is 0 Å². The fraction of sp³-hybridized carbons (Fsp3) is 0.619. The summed E-state index contributed by atoms with van der Waals surface area (Å²) in [6, 6.07) is 10.7. The average Bonchev–Trinajstić information content (AvgIpc) is 2.89. The van der Waals surface area contributed by atoms with E-state index in [1.165, 1.54) is 5.56 Å². The Kier molecular flexibility index (Phi) is 4.89. The van der Waals surface area contributed by atoms with E-state index in [2.05, 4.69) is 35.2 Å². The van der Waals surface area contributed by atoms with E-state index >= 15 is 0 Å². The van der Waals surface area contributed by atoms with Crippen LogP contribution in [-0.2, 0) is 16.0 Å². The highest BCUT2D eigenvalue weighted by atomic mass is 16.2. The second-order valence-electron chi connectivity index (χ2n) is 7.99. The lowest BCUT2D eigenvalue weighted by Gasteiger charge is -2.34. The van der Waals surface area contributed by atoms with E-state index in [9.17, 15) is 9.59 Å². The van der Waals surface area contributed by atoms with Crippen LogP contribution >= 0.6 is 0 Å². The van der Waals surface area contributed by atoms with Gasteiger partial charge in [0.2, 0.25) is 11.8 Å². The molecule has 0 aromatic heterocycles. The number of nitrogens with zero attached hydrogens (tertiary/aromatic N) is 2. The molecule has 2 atom stereocenters. The first-order valence-electron chi connectivity index (χ1n) is 9.84. The lowest BCUT2D eigenvalue weighted by molar-refractivity contribution is -0.142. The summed E-state index contributed by atoms with van der Waals surface area (Å²) in [5, 5.41) is 0. The fourth-order valence-electron chi connectivity index (χ4n) is 4.85. The van der Waals surface area contributed by atoms with E-state index in [0.717, 1.165) is 58.0 Å². The molecule has 3 fully saturated rings. The van der Waals surface area contributed by atoms with Crippen molar-refractivity contribution >= 4 is 11.8 Å². The van der Waals surface area contributed by atoms with Gasteiger partial charge in [0.25, 0.3) is 0 Å². The maximum absolute atomic E-state index is 12.6.